The lowest BCUT2D eigenvalue weighted by Crippen LogP contribution is -2.59. The number of amidine groups is 1. The zero-order valence-electron chi connectivity index (χ0n) is 15.7. The number of halogens is 3. The minimum atomic E-state index is -0.869. The van der Waals surface area contributed by atoms with E-state index in [0.717, 1.165) is 0 Å². The van der Waals surface area contributed by atoms with Crippen molar-refractivity contribution >= 4 is 17.6 Å². The summed E-state index contributed by atoms with van der Waals surface area (Å²) in [5, 5.41) is 0.183. The van der Waals surface area contributed by atoms with Gasteiger partial charge >= 0.3 is 0 Å². The van der Waals surface area contributed by atoms with Crippen molar-refractivity contribution in [2.24, 2.45) is 16.6 Å². The first-order chi connectivity index (χ1) is 13.8. The molecule has 2 aromatic rings. The zero-order chi connectivity index (χ0) is 20.4. The molecule has 5 rings (SSSR count). The summed E-state index contributed by atoms with van der Waals surface area (Å²) in [6.45, 7) is 3.14. The lowest BCUT2D eigenvalue weighted by molar-refractivity contribution is -0.129. The summed E-state index contributed by atoms with van der Waals surface area (Å²) in [7, 11) is 0. The second-order valence-electron chi connectivity index (χ2n) is 7.94. The smallest absolute Gasteiger partial charge is 0.283 e. The summed E-state index contributed by atoms with van der Waals surface area (Å²) in [5.41, 5.74) is 5.59. The minimum Gasteiger partial charge on any atom is -0.486 e. The van der Waals surface area contributed by atoms with Crippen LogP contribution in [0.4, 0.5) is 8.78 Å². The predicted molar refractivity (Wildman–Crippen MR) is 104 cm³/mol. The number of ether oxygens (including phenoxy) is 3. The number of nitrogens with zero attached hydrogens (tertiary/aromatic N) is 1. The van der Waals surface area contributed by atoms with E-state index in [0.29, 0.717) is 36.5 Å². The zero-order valence-corrected chi connectivity index (χ0v) is 16.4. The Balaban J connectivity index is 1.74. The van der Waals surface area contributed by atoms with E-state index in [2.05, 4.69) is 4.99 Å². The molecule has 1 saturated heterocycles. The molecule has 0 bridgehead atoms. The van der Waals surface area contributed by atoms with Crippen molar-refractivity contribution in [2.45, 2.75) is 24.5 Å². The molecule has 2 aromatic carbocycles. The quantitative estimate of drug-likeness (QED) is 0.757. The van der Waals surface area contributed by atoms with Gasteiger partial charge in [0, 0.05) is 28.6 Å². The maximum absolute atomic E-state index is 15.1. The Labute approximate surface area is 171 Å². The fraction of sp³-hybridized carbons (Fsp3) is 0.381. The number of aliphatic imine (C=N–C) groups is 1. The van der Waals surface area contributed by atoms with Gasteiger partial charge < -0.3 is 19.9 Å². The van der Waals surface area contributed by atoms with E-state index in [9.17, 15) is 4.39 Å². The van der Waals surface area contributed by atoms with Gasteiger partial charge in [0.15, 0.2) is 0 Å². The van der Waals surface area contributed by atoms with E-state index in [4.69, 9.17) is 31.5 Å². The predicted octanol–water partition coefficient (Wildman–Crippen LogP) is 4.01. The van der Waals surface area contributed by atoms with E-state index >= 15 is 4.39 Å². The van der Waals surface area contributed by atoms with Crippen LogP contribution in [0.2, 0.25) is 5.02 Å². The van der Waals surface area contributed by atoms with Gasteiger partial charge in [-0.25, -0.2) is 13.8 Å². The third-order valence-corrected chi connectivity index (χ3v) is 6.36. The maximum Gasteiger partial charge on any atom is 0.283 e. The molecule has 0 saturated carbocycles. The molecule has 5 nitrogen and oxygen atoms in total. The molecule has 3 atom stereocenters. The molecule has 2 N–H and O–H groups in total. The van der Waals surface area contributed by atoms with Crippen molar-refractivity contribution in [3.8, 4) is 16.9 Å². The molecule has 3 aliphatic heterocycles. The summed E-state index contributed by atoms with van der Waals surface area (Å²) >= 11 is 5.98. The van der Waals surface area contributed by atoms with E-state index < -0.39 is 22.8 Å². The van der Waals surface area contributed by atoms with E-state index in [1.54, 1.807) is 6.07 Å². The van der Waals surface area contributed by atoms with Gasteiger partial charge in [-0.3, -0.25) is 0 Å². The molecule has 8 heteroatoms. The fourth-order valence-electron chi connectivity index (χ4n) is 4.70. The largest absolute Gasteiger partial charge is 0.486 e. The van der Waals surface area contributed by atoms with Gasteiger partial charge in [-0.2, -0.15) is 0 Å². The Morgan fingerprint density at radius 1 is 1.21 bits per heavy atom. The van der Waals surface area contributed by atoms with Crippen molar-refractivity contribution < 1.29 is 23.0 Å². The van der Waals surface area contributed by atoms with Gasteiger partial charge in [0.25, 0.3) is 6.02 Å². The average Bonchev–Trinajstić information content (AvgIpc) is 3.02. The Kier molecular flexibility index (Phi) is 4.05. The number of hydrogen-bond acceptors (Lipinski definition) is 5. The molecule has 3 aliphatic rings. The van der Waals surface area contributed by atoms with Crippen molar-refractivity contribution in [2.75, 3.05) is 19.8 Å². The molecular weight excluding hydrogens is 402 g/mol. The van der Waals surface area contributed by atoms with Crippen molar-refractivity contribution in [3.63, 3.8) is 0 Å². The lowest BCUT2D eigenvalue weighted by Gasteiger charge is -2.52. The molecular formula is C21H19ClF2N2O3. The van der Waals surface area contributed by atoms with Crippen molar-refractivity contribution in [1.29, 1.82) is 0 Å². The highest BCUT2D eigenvalue weighted by atomic mass is 35.5. The second-order valence-corrected chi connectivity index (χ2v) is 8.38. The Morgan fingerprint density at radius 2 is 2.03 bits per heavy atom. The number of rotatable bonds is 1. The minimum absolute atomic E-state index is 0.0745. The first kappa shape index (κ1) is 18.6. The van der Waals surface area contributed by atoms with Crippen molar-refractivity contribution in [1.82, 2.24) is 0 Å². The van der Waals surface area contributed by atoms with Crippen LogP contribution in [-0.4, -0.2) is 31.4 Å². The molecule has 0 aromatic heterocycles. The summed E-state index contributed by atoms with van der Waals surface area (Å²) < 4.78 is 46.5. The topological polar surface area (TPSA) is 66.1 Å². The van der Waals surface area contributed by atoms with Crippen LogP contribution < -0.4 is 10.5 Å². The SMILES string of the molecule is C[C@@]12CCOC[C@H]1[C@@]1(COC(N)=N1)c1cc(-c3cc(F)cc(Cl)c3)c(F)cc1O2. The number of nitrogens with two attached hydrogens (primary N) is 1. The van der Waals surface area contributed by atoms with Crippen LogP contribution in [0.1, 0.15) is 18.9 Å². The highest BCUT2D eigenvalue weighted by molar-refractivity contribution is 6.30. The van der Waals surface area contributed by atoms with E-state index in [1.807, 2.05) is 6.92 Å². The normalized spacial score (nSPS) is 30.2. The summed E-state index contributed by atoms with van der Waals surface area (Å²) in [6, 6.07) is 6.96. The molecule has 152 valence electrons. The Morgan fingerprint density at radius 3 is 2.76 bits per heavy atom. The number of fused-ring (bicyclic) bond motifs is 4. The van der Waals surface area contributed by atoms with Gasteiger partial charge in [-0.05, 0) is 36.8 Å². The molecule has 0 aliphatic carbocycles. The van der Waals surface area contributed by atoms with E-state index in [-0.39, 0.29) is 29.1 Å². The highest BCUT2D eigenvalue weighted by Crippen LogP contribution is 2.55. The van der Waals surface area contributed by atoms with Crippen molar-refractivity contribution in [3.05, 3.63) is 52.6 Å². The van der Waals surface area contributed by atoms with Gasteiger partial charge in [-0.15, -0.1) is 0 Å². The first-order valence-corrected chi connectivity index (χ1v) is 9.74. The van der Waals surface area contributed by atoms with E-state index in [1.165, 1.54) is 24.3 Å². The van der Waals surface area contributed by atoms with Gasteiger partial charge in [0.1, 0.15) is 35.1 Å². The van der Waals surface area contributed by atoms with Crippen LogP contribution >= 0.6 is 11.6 Å². The van der Waals surface area contributed by atoms with Crippen LogP contribution in [0.3, 0.4) is 0 Å². The number of hydrogen-bond donors (Lipinski definition) is 1. The van der Waals surface area contributed by atoms with Crippen LogP contribution in [-0.2, 0) is 15.0 Å². The second kappa shape index (κ2) is 6.31. The third kappa shape index (κ3) is 2.79. The van der Waals surface area contributed by atoms with Crippen LogP contribution in [0.25, 0.3) is 11.1 Å². The fourth-order valence-corrected chi connectivity index (χ4v) is 4.92. The summed E-state index contributed by atoms with van der Waals surface area (Å²) in [5.74, 6) is -0.871. The maximum atomic E-state index is 15.1. The molecule has 3 heterocycles. The van der Waals surface area contributed by atoms with Gasteiger partial charge in [0.05, 0.1) is 19.1 Å². The molecule has 0 radical (unpaired) electrons. The first-order valence-electron chi connectivity index (χ1n) is 9.36. The summed E-state index contributed by atoms with van der Waals surface area (Å²) in [4.78, 5) is 4.64. The summed E-state index contributed by atoms with van der Waals surface area (Å²) in [6.07, 6.45) is 0.636. The van der Waals surface area contributed by atoms with Crippen LogP contribution in [0.15, 0.2) is 35.3 Å². The standard InChI is InChI=1S/C21H19ClF2N2O3/c1-20-2-3-27-9-18(20)21(10-28-19(25)26-21)15-7-14(16(24)8-17(15)29-20)11-4-12(22)6-13(23)5-11/h4-8,18H,2-3,9-10H2,1H3,(H2,25,26)/t18-,20-,21-/m1/s1. The molecule has 1 spiro atoms. The van der Waals surface area contributed by atoms with Crippen LogP contribution in [0, 0.1) is 17.6 Å². The Bertz CT molecular complexity index is 1030. The van der Waals surface area contributed by atoms with Crippen LogP contribution in [0.5, 0.6) is 5.75 Å². The molecule has 0 unspecified atom stereocenters. The molecule has 1 fully saturated rings. The van der Waals surface area contributed by atoms with Gasteiger partial charge in [-0.1, -0.05) is 11.6 Å². The monoisotopic (exact) mass is 420 g/mol. The number of benzene rings is 2. The Hall–Kier alpha value is -2.38. The van der Waals surface area contributed by atoms with Gasteiger partial charge in [0.2, 0.25) is 0 Å². The lowest BCUT2D eigenvalue weighted by atomic mass is 9.66. The highest BCUT2D eigenvalue weighted by Gasteiger charge is 2.60. The third-order valence-electron chi connectivity index (χ3n) is 6.14. The molecule has 29 heavy (non-hydrogen) atoms. The molecule has 0 amide bonds. The average molecular weight is 421 g/mol.